The Morgan fingerprint density at radius 2 is 2.05 bits per heavy atom. The molecule has 0 aliphatic heterocycles. The fraction of sp³-hybridized carbons (Fsp3) is 0.438. The highest BCUT2D eigenvalue weighted by Gasteiger charge is 2.18. The number of nitrogens with zero attached hydrogens (tertiary/aromatic N) is 2. The maximum atomic E-state index is 6.37. The van der Waals surface area contributed by atoms with Crippen molar-refractivity contribution in [1.29, 1.82) is 0 Å². The molecule has 0 aliphatic rings. The highest BCUT2D eigenvalue weighted by atomic mass is 16.5. The van der Waals surface area contributed by atoms with Crippen molar-refractivity contribution in [3.8, 4) is 5.75 Å². The summed E-state index contributed by atoms with van der Waals surface area (Å²) < 4.78 is 7.27. The smallest absolute Gasteiger partial charge is 0.161 e. The average Bonchev–Trinajstić information content (AvgIpc) is 2.86. The van der Waals surface area contributed by atoms with Gasteiger partial charge >= 0.3 is 0 Å². The molecule has 20 heavy (non-hydrogen) atoms. The molecule has 1 aromatic heterocycles. The molecule has 1 unspecified atom stereocenters. The number of nitrogens with two attached hydrogens (primary N) is 1. The molecule has 0 saturated carbocycles. The molecule has 2 rings (SSSR count). The van der Waals surface area contributed by atoms with Crippen LogP contribution in [-0.2, 0) is 13.0 Å². The van der Waals surface area contributed by atoms with Gasteiger partial charge in [-0.2, -0.15) is 5.10 Å². The first-order chi connectivity index (χ1) is 9.56. The molecule has 1 atom stereocenters. The van der Waals surface area contributed by atoms with Crippen LogP contribution in [-0.4, -0.2) is 16.9 Å². The zero-order valence-electron chi connectivity index (χ0n) is 12.7. The Morgan fingerprint density at radius 3 is 2.65 bits per heavy atom. The fourth-order valence-corrected chi connectivity index (χ4v) is 2.44. The van der Waals surface area contributed by atoms with Crippen LogP contribution in [0, 0.1) is 13.8 Å². The average molecular weight is 273 g/mol. The van der Waals surface area contributed by atoms with Crippen LogP contribution in [0.5, 0.6) is 5.75 Å². The molecule has 2 N–H and O–H groups in total. The van der Waals surface area contributed by atoms with Gasteiger partial charge in [0, 0.05) is 6.54 Å². The lowest BCUT2D eigenvalue weighted by molar-refractivity contribution is 0.401. The molecule has 0 amide bonds. The van der Waals surface area contributed by atoms with Gasteiger partial charge in [0.15, 0.2) is 5.75 Å². The Morgan fingerprint density at radius 1 is 1.30 bits per heavy atom. The maximum absolute atomic E-state index is 6.37. The van der Waals surface area contributed by atoms with E-state index in [0.717, 1.165) is 24.4 Å². The fourth-order valence-electron chi connectivity index (χ4n) is 2.44. The Kier molecular flexibility index (Phi) is 4.45. The number of aromatic nitrogens is 2. The van der Waals surface area contributed by atoms with Crippen LogP contribution in [0.3, 0.4) is 0 Å². The van der Waals surface area contributed by atoms with Gasteiger partial charge in [0.1, 0.15) is 0 Å². The molecular weight excluding hydrogens is 250 g/mol. The minimum Gasteiger partial charge on any atom is -0.493 e. The van der Waals surface area contributed by atoms with Crippen LogP contribution < -0.4 is 10.5 Å². The van der Waals surface area contributed by atoms with Gasteiger partial charge in [-0.15, -0.1) is 0 Å². The number of ether oxygens (including phenoxy) is 1. The van der Waals surface area contributed by atoms with E-state index in [1.54, 1.807) is 13.3 Å². The van der Waals surface area contributed by atoms with Gasteiger partial charge in [-0.05, 0) is 43.9 Å². The summed E-state index contributed by atoms with van der Waals surface area (Å²) in [5.41, 5.74) is 11.2. The molecule has 1 aromatic carbocycles. The largest absolute Gasteiger partial charge is 0.493 e. The first-order valence-electron chi connectivity index (χ1n) is 6.98. The van der Waals surface area contributed by atoms with Gasteiger partial charge in [0.05, 0.1) is 25.0 Å². The molecule has 0 aliphatic carbocycles. The second-order valence-electron chi connectivity index (χ2n) is 5.14. The van der Waals surface area contributed by atoms with E-state index in [1.165, 1.54) is 16.7 Å². The molecule has 1 heterocycles. The molecule has 4 nitrogen and oxygen atoms in total. The Labute approximate surface area is 120 Å². The highest BCUT2D eigenvalue weighted by molar-refractivity contribution is 5.33. The number of benzene rings is 1. The second-order valence-corrected chi connectivity index (χ2v) is 5.14. The molecular formula is C16H23N3O. The minimum absolute atomic E-state index is 0.116. The minimum atomic E-state index is -0.116. The summed E-state index contributed by atoms with van der Waals surface area (Å²) in [4.78, 5) is 0. The van der Waals surface area contributed by atoms with Gasteiger partial charge in [0.25, 0.3) is 0 Å². The van der Waals surface area contributed by atoms with Crippen molar-refractivity contribution < 1.29 is 4.74 Å². The Bertz CT molecular complexity index is 568. The first-order valence-corrected chi connectivity index (χ1v) is 6.98. The molecule has 0 fully saturated rings. The van der Waals surface area contributed by atoms with Crippen molar-refractivity contribution >= 4 is 0 Å². The van der Waals surface area contributed by atoms with E-state index in [2.05, 4.69) is 44.1 Å². The van der Waals surface area contributed by atoms with E-state index >= 15 is 0 Å². The van der Waals surface area contributed by atoms with Gasteiger partial charge in [-0.3, -0.25) is 4.68 Å². The maximum Gasteiger partial charge on any atom is 0.161 e. The lowest BCUT2D eigenvalue weighted by atomic mass is 9.99. The molecule has 0 saturated heterocycles. The molecule has 2 aromatic rings. The van der Waals surface area contributed by atoms with Crippen LogP contribution in [0.2, 0.25) is 0 Å². The van der Waals surface area contributed by atoms with E-state index < -0.39 is 0 Å². The Hall–Kier alpha value is -1.81. The van der Waals surface area contributed by atoms with Crippen LogP contribution in [0.15, 0.2) is 24.4 Å². The molecule has 108 valence electrons. The zero-order valence-corrected chi connectivity index (χ0v) is 12.7. The monoisotopic (exact) mass is 273 g/mol. The van der Waals surface area contributed by atoms with Crippen LogP contribution in [0.25, 0.3) is 0 Å². The SMILES string of the molecule is CCn1ncc(OC)c1C(N)Cc1ccc(C)c(C)c1. The van der Waals surface area contributed by atoms with E-state index in [1.807, 2.05) is 4.68 Å². The van der Waals surface area contributed by atoms with Gasteiger partial charge in [-0.1, -0.05) is 18.2 Å². The van der Waals surface area contributed by atoms with E-state index in [0.29, 0.717) is 0 Å². The van der Waals surface area contributed by atoms with Crippen molar-refractivity contribution in [1.82, 2.24) is 9.78 Å². The third-order valence-electron chi connectivity index (χ3n) is 3.74. The summed E-state index contributed by atoms with van der Waals surface area (Å²) in [5.74, 6) is 0.767. The van der Waals surface area contributed by atoms with Crippen molar-refractivity contribution in [3.63, 3.8) is 0 Å². The van der Waals surface area contributed by atoms with Gasteiger partial charge < -0.3 is 10.5 Å². The van der Waals surface area contributed by atoms with Crippen molar-refractivity contribution in [2.75, 3.05) is 7.11 Å². The normalized spacial score (nSPS) is 12.4. The standard InChI is InChI=1S/C16H23N3O/c1-5-19-16(15(20-4)10-18-19)14(17)9-13-7-6-11(2)12(3)8-13/h6-8,10,14H,5,9,17H2,1-4H3. The Balaban J connectivity index is 2.25. The molecule has 0 bridgehead atoms. The lowest BCUT2D eigenvalue weighted by Gasteiger charge is -2.16. The number of hydrogen-bond acceptors (Lipinski definition) is 3. The third-order valence-corrected chi connectivity index (χ3v) is 3.74. The number of rotatable bonds is 5. The summed E-state index contributed by atoms with van der Waals surface area (Å²) in [6.07, 6.45) is 2.52. The predicted octanol–water partition coefficient (Wildman–Crippen LogP) is 2.77. The van der Waals surface area contributed by atoms with E-state index in [-0.39, 0.29) is 6.04 Å². The third kappa shape index (κ3) is 2.85. The van der Waals surface area contributed by atoms with E-state index in [9.17, 15) is 0 Å². The second kappa shape index (κ2) is 6.09. The van der Waals surface area contributed by atoms with Crippen LogP contribution >= 0.6 is 0 Å². The molecule has 4 heteroatoms. The zero-order chi connectivity index (χ0) is 14.7. The quantitative estimate of drug-likeness (QED) is 0.911. The van der Waals surface area contributed by atoms with Crippen LogP contribution in [0.4, 0.5) is 0 Å². The number of hydrogen-bond donors (Lipinski definition) is 1. The summed E-state index contributed by atoms with van der Waals surface area (Å²) >= 11 is 0. The van der Waals surface area contributed by atoms with Gasteiger partial charge in [0.2, 0.25) is 0 Å². The molecule has 0 radical (unpaired) electrons. The summed E-state index contributed by atoms with van der Waals surface area (Å²) in [6.45, 7) is 7.09. The topological polar surface area (TPSA) is 53.1 Å². The first kappa shape index (κ1) is 14.6. The summed E-state index contributed by atoms with van der Waals surface area (Å²) in [6, 6.07) is 6.37. The van der Waals surface area contributed by atoms with Crippen LogP contribution in [0.1, 0.15) is 35.3 Å². The highest BCUT2D eigenvalue weighted by Crippen LogP contribution is 2.26. The number of methoxy groups -OCH3 is 1. The van der Waals surface area contributed by atoms with Crippen molar-refractivity contribution in [2.24, 2.45) is 5.73 Å². The summed E-state index contributed by atoms with van der Waals surface area (Å²) in [7, 11) is 1.66. The van der Waals surface area contributed by atoms with Crippen molar-refractivity contribution in [3.05, 3.63) is 46.8 Å². The number of aryl methyl sites for hydroxylation is 3. The summed E-state index contributed by atoms with van der Waals surface area (Å²) in [5, 5.41) is 4.31. The van der Waals surface area contributed by atoms with Crippen molar-refractivity contribution in [2.45, 2.75) is 39.8 Å². The lowest BCUT2D eigenvalue weighted by Crippen LogP contribution is -2.19. The molecule has 0 spiro atoms. The van der Waals surface area contributed by atoms with Gasteiger partial charge in [-0.25, -0.2) is 0 Å². The predicted molar refractivity (Wildman–Crippen MR) is 81.0 cm³/mol. The van der Waals surface area contributed by atoms with E-state index in [4.69, 9.17) is 10.5 Å².